The first kappa shape index (κ1) is 13.8. The topological polar surface area (TPSA) is 35.6 Å². The largest absolute Gasteiger partial charge is 0.343 e. The number of likely N-dealkylation sites (tertiary alicyclic amines) is 2. The van der Waals surface area contributed by atoms with E-state index in [9.17, 15) is 4.79 Å². The molecule has 0 aromatic carbocycles. The van der Waals surface area contributed by atoms with E-state index in [2.05, 4.69) is 10.2 Å². The molecule has 0 unspecified atom stereocenters. The summed E-state index contributed by atoms with van der Waals surface area (Å²) >= 11 is 0. The quantitative estimate of drug-likeness (QED) is 0.745. The lowest BCUT2D eigenvalue weighted by molar-refractivity contribution is -0.129. The van der Waals surface area contributed by atoms with Crippen molar-refractivity contribution in [2.45, 2.75) is 45.1 Å². The Balaban J connectivity index is 1.51. The molecule has 104 valence electrons. The molecule has 0 spiro atoms. The molecule has 0 radical (unpaired) electrons. The molecule has 1 N–H and O–H groups in total. The number of piperidine rings is 1. The highest BCUT2D eigenvalue weighted by Gasteiger charge is 2.19. The Labute approximate surface area is 111 Å². The number of rotatable bonds is 5. The summed E-state index contributed by atoms with van der Waals surface area (Å²) in [7, 11) is 0. The van der Waals surface area contributed by atoms with Crippen molar-refractivity contribution in [1.29, 1.82) is 0 Å². The van der Waals surface area contributed by atoms with E-state index in [0.717, 1.165) is 32.5 Å². The third-order valence-electron chi connectivity index (χ3n) is 4.22. The van der Waals surface area contributed by atoms with Crippen LogP contribution in [0.25, 0.3) is 0 Å². The highest BCUT2D eigenvalue weighted by molar-refractivity contribution is 5.73. The fraction of sp³-hybridized carbons (Fsp3) is 0.929. The molecule has 4 heteroatoms. The lowest BCUT2D eigenvalue weighted by Gasteiger charge is -2.32. The third-order valence-corrected chi connectivity index (χ3v) is 4.22. The highest BCUT2D eigenvalue weighted by Crippen LogP contribution is 2.11. The van der Waals surface area contributed by atoms with E-state index in [1.165, 1.54) is 38.9 Å². The number of hydrogen-bond acceptors (Lipinski definition) is 3. The van der Waals surface area contributed by atoms with Crippen molar-refractivity contribution in [3.8, 4) is 0 Å². The lowest BCUT2D eigenvalue weighted by Crippen LogP contribution is -2.44. The molecule has 0 bridgehead atoms. The lowest BCUT2D eigenvalue weighted by atomic mass is 10.0. The van der Waals surface area contributed by atoms with Gasteiger partial charge in [0.05, 0.1) is 0 Å². The molecule has 0 aromatic heterocycles. The van der Waals surface area contributed by atoms with E-state index in [0.29, 0.717) is 6.04 Å². The van der Waals surface area contributed by atoms with E-state index in [1.54, 1.807) is 6.92 Å². The van der Waals surface area contributed by atoms with E-state index < -0.39 is 0 Å². The van der Waals surface area contributed by atoms with Gasteiger partial charge in [-0.15, -0.1) is 0 Å². The highest BCUT2D eigenvalue weighted by atomic mass is 16.2. The zero-order valence-corrected chi connectivity index (χ0v) is 11.7. The van der Waals surface area contributed by atoms with Gasteiger partial charge < -0.3 is 15.1 Å². The van der Waals surface area contributed by atoms with Crippen LogP contribution in [0.3, 0.4) is 0 Å². The molecule has 2 saturated heterocycles. The van der Waals surface area contributed by atoms with Crippen molar-refractivity contribution >= 4 is 5.91 Å². The minimum atomic E-state index is 0.225. The van der Waals surface area contributed by atoms with Gasteiger partial charge in [-0.3, -0.25) is 4.79 Å². The van der Waals surface area contributed by atoms with Crippen LogP contribution in [0.2, 0.25) is 0 Å². The fourth-order valence-corrected chi connectivity index (χ4v) is 3.01. The van der Waals surface area contributed by atoms with Crippen molar-refractivity contribution in [2.24, 2.45) is 0 Å². The van der Waals surface area contributed by atoms with Gasteiger partial charge in [0.15, 0.2) is 0 Å². The number of nitrogens with zero attached hydrogens (tertiary/aromatic N) is 2. The second-order valence-corrected chi connectivity index (χ2v) is 5.64. The minimum Gasteiger partial charge on any atom is -0.343 e. The third kappa shape index (κ3) is 4.25. The Morgan fingerprint density at radius 1 is 1.17 bits per heavy atom. The van der Waals surface area contributed by atoms with E-state index in [4.69, 9.17) is 0 Å². The molecule has 0 aromatic rings. The second kappa shape index (κ2) is 7.10. The minimum absolute atomic E-state index is 0.225. The molecular weight excluding hydrogens is 226 g/mol. The molecule has 2 fully saturated rings. The van der Waals surface area contributed by atoms with Gasteiger partial charge in [0, 0.05) is 26.1 Å². The first-order chi connectivity index (χ1) is 8.75. The Bertz CT molecular complexity index is 256. The van der Waals surface area contributed by atoms with E-state index in [-0.39, 0.29) is 5.91 Å². The van der Waals surface area contributed by atoms with E-state index in [1.807, 2.05) is 4.90 Å². The Morgan fingerprint density at radius 3 is 2.44 bits per heavy atom. The number of carbonyl (C=O) groups is 1. The van der Waals surface area contributed by atoms with Crippen molar-refractivity contribution in [3.63, 3.8) is 0 Å². The fourth-order valence-electron chi connectivity index (χ4n) is 3.01. The summed E-state index contributed by atoms with van der Waals surface area (Å²) in [6.07, 6.45) is 6.26. The molecule has 2 aliphatic heterocycles. The van der Waals surface area contributed by atoms with Gasteiger partial charge in [-0.1, -0.05) is 0 Å². The summed E-state index contributed by atoms with van der Waals surface area (Å²) in [5, 5.41) is 3.64. The summed E-state index contributed by atoms with van der Waals surface area (Å²) in [4.78, 5) is 15.7. The average molecular weight is 253 g/mol. The first-order valence-corrected chi connectivity index (χ1v) is 7.47. The Hall–Kier alpha value is -0.610. The van der Waals surface area contributed by atoms with Gasteiger partial charge >= 0.3 is 0 Å². The Morgan fingerprint density at radius 2 is 1.83 bits per heavy atom. The van der Waals surface area contributed by atoms with Crippen LogP contribution in [-0.4, -0.2) is 61.0 Å². The molecule has 0 saturated carbocycles. The van der Waals surface area contributed by atoms with Crippen LogP contribution in [-0.2, 0) is 4.79 Å². The first-order valence-electron chi connectivity index (χ1n) is 7.47. The zero-order chi connectivity index (χ0) is 12.8. The number of amides is 1. The molecule has 4 nitrogen and oxygen atoms in total. The standard InChI is InChI=1S/C14H27N3O/c1-13(18)17-11-5-14(6-12-17)15-7-4-10-16-8-2-3-9-16/h14-15H,2-12H2,1H3. The van der Waals surface area contributed by atoms with Gasteiger partial charge in [0.1, 0.15) is 0 Å². The van der Waals surface area contributed by atoms with Gasteiger partial charge in [0.2, 0.25) is 5.91 Å². The molecule has 2 rings (SSSR count). The summed E-state index contributed by atoms with van der Waals surface area (Å²) in [6.45, 7) is 8.51. The molecule has 18 heavy (non-hydrogen) atoms. The van der Waals surface area contributed by atoms with Crippen LogP contribution in [0.4, 0.5) is 0 Å². The molecule has 0 atom stereocenters. The monoisotopic (exact) mass is 253 g/mol. The predicted octanol–water partition coefficient (Wildman–Crippen LogP) is 1.07. The molecular formula is C14H27N3O. The number of hydrogen-bond donors (Lipinski definition) is 1. The summed E-state index contributed by atoms with van der Waals surface area (Å²) < 4.78 is 0. The summed E-state index contributed by atoms with van der Waals surface area (Å²) in [6, 6.07) is 0.624. The van der Waals surface area contributed by atoms with Crippen LogP contribution < -0.4 is 5.32 Å². The zero-order valence-electron chi connectivity index (χ0n) is 11.7. The maximum absolute atomic E-state index is 11.2. The van der Waals surface area contributed by atoms with Gasteiger partial charge in [-0.05, 0) is 58.3 Å². The van der Waals surface area contributed by atoms with Crippen LogP contribution in [0, 0.1) is 0 Å². The van der Waals surface area contributed by atoms with Crippen LogP contribution in [0.5, 0.6) is 0 Å². The predicted molar refractivity (Wildman–Crippen MR) is 73.6 cm³/mol. The van der Waals surface area contributed by atoms with Crippen LogP contribution in [0.15, 0.2) is 0 Å². The van der Waals surface area contributed by atoms with Gasteiger partial charge in [0.25, 0.3) is 0 Å². The van der Waals surface area contributed by atoms with Crippen molar-refractivity contribution < 1.29 is 4.79 Å². The smallest absolute Gasteiger partial charge is 0.219 e. The Kier molecular flexibility index (Phi) is 5.45. The molecule has 2 heterocycles. The van der Waals surface area contributed by atoms with E-state index >= 15 is 0 Å². The van der Waals surface area contributed by atoms with Crippen molar-refractivity contribution in [3.05, 3.63) is 0 Å². The normalized spacial score (nSPS) is 22.6. The number of nitrogens with one attached hydrogen (secondary N) is 1. The average Bonchev–Trinajstić information content (AvgIpc) is 2.88. The van der Waals surface area contributed by atoms with Crippen molar-refractivity contribution in [2.75, 3.05) is 39.3 Å². The second-order valence-electron chi connectivity index (χ2n) is 5.64. The summed E-state index contributed by atoms with van der Waals surface area (Å²) in [5.74, 6) is 0.225. The summed E-state index contributed by atoms with van der Waals surface area (Å²) in [5.41, 5.74) is 0. The van der Waals surface area contributed by atoms with Gasteiger partial charge in [-0.2, -0.15) is 0 Å². The SMILES string of the molecule is CC(=O)N1CCC(NCCCN2CCCC2)CC1. The van der Waals surface area contributed by atoms with Crippen molar-refractivity contribution in [1.82, 2.24) is 15.1 Å². The van der Waals surface area contributed by atoms with Crippen LogP contribution >= 0.6 is 0 Å². The molecule has 1 amide bonds. The maximum Gasteiger partial charge on any atom is 0.219 e. The molecule has 0 aliphatic carbocycles. The van der Waals surface area contributed by atoms with Crippen LogP contribution in [0.1, 0.15) is 39.0 Å². The maximum atomic E-state index is 11.2. The van der Waals surface area contributed by atoms with Gasteiger partial charge in [-0.25, -0.2) is 0 Å². The number of carbonyl (C=O) groups excluding carboxylic acids is 1. The molecule has 2 aliphatic rings.